The second-order valence-corrected chi connectivity index (χ2v) is 6.59. The Morgan fingerprint density at radius 3 is 2.68 bits per heavy atom. The van der Waals surface area contributed by atoms with Crippen LogP contribution in [0.3, 0.4) is 0 Å². The normalized spacial score (nSPS) is 15.3. The highest BCUT2D eigenvalue weighted by Crippen LogP contribution is 2.32. The first-order valence-corrected chi connectivity index (χ1v) is 7.66. The summed E-state index contributed by atoms with van der Waals surface area (Å²) < 4.78 is 1.96. The molecule has 3 rings (SSSR count). The molecule has 0 aromatic carbocycles. The van der Waals surface area contributed by atoms with E-state index in [1.165, 1.54) is 5.56 Å². The van der Waals surface area contributed by atoms with E-state index in [2.05, 4.69) is 15.4 Å². The van der Waals surface area contributed by atoms with E-state index in [4.69, 9.17) is 10.9 Å². The molecule has 0 bridgehead atoms. The summed E-state index contributed by atoms with van der Waals surface area (Å²) in [5.41, 5.74) is 11.2. The van der Waals surface area contributed by atoms with E-state index in [0.29, 0.717) is 23.7 Å². The van der Waals surface area contributed by atoms with Gasteiger partial charge in [-0.15, -0.1) is 0 Å². The number of rotatable bonds is 4. The van der Waals surface area contributed by atoms with E-state index in [0.717, 1.165) is 36.9 Å². The number of hydrogen-bond acceptors (Lipinski definition) is 6. The Hall–Kier alpha value is -1.70. The Labute approximate surface area is 129 Å². The smallest absolute Gasteiger partial charge is 0.151 e. The SMILES string of the molecule is CC(C)(O)Cn1c(CNO)nc2c(N)nc3c(c21)CCCC3. The van der Waals surface area contributed by atoms with Gasteiger partial charge in [-0.3, -0.25) is 0 Å². The number of imidazole rings is 1. The number of anilines is 1. The molecule has 0 saturated heterocycles. The summed E-state index contributed by atoms with van der Waals surface area (Å²) in [6, 6.07) is 0. The Bertz CT molecular complexity index is 702. The van der Waals surface area contributed by atoms with Crippen LogP contribution in [0, 0.1) is 0 Å². The van der Waals surface area contributed by atoms with E-state index >= 15 is 0 Å². The molecule has 2 aromatic rings. The molecule has 7 nitrogen and oxygen atoms in total. The fourth-order valence-corrected chi connectivity index (χ4v) is 3.21. The van der Waals surface area contributed by atoms with Crippen molar-refractivity contribution in [1.29, 1.82) is 0 Å². The maximum atomic E-state index is 10.2. The van der Waals surface area contributed by atoms with Crippen molar-refractivity contribution in [2.75, 3.05) is 5.73 Å². The molecule has 5 N–H and O–H groups in total. The van der Waals surface area contributed by atoms with Gasteiger partial charge >= 0.3 is 0 Å². The van der Waals surface area contributed by atoms with E-state index in [-0.39, 0.29) is 6.54 Å². The number of aromatic nitrogens is 3. The summed E-state index contributed by atoms with van der Waals surface area (Å²) in [6.45, 7) is 4.09. The second-order valence-electron chi connectivity index (χ2n) is 6.59. The Balaban J connectivity index is 2.27. The van der Waals surface area contributed by atoms with Crippen molar-refractivity contribution >= 4 is 16.9 Å². The van der Waals surface area contributed by atoms with Gasteiger partial charge < -0.3 is 20.6 Å². The predicted molar refractivity (Wildman–Crippen MR) is 83.5 cm³/mol. The van der Waals surface area contributed by atoms with Crippen molar-refractivity contribution < 1.29 is 10.3 Å². The van der Waals surface area contributed by atoms with Crippen LogP contribution in [-0.4, -0.2) is 30.4 Å². The van der Waals surface area contributed by atoms with E-state index in [1.807, 2.05) is 4.57 Å². The summed E-state index contributed by atoms with van der Waals surface area (Å²) >= 11 is 0. The molecule has 0 unspecified atom stereocenters. The molecule has 1 aliphatic rings. The molecule has 0 atom stereocenters. The third-order valence-corrected chi connectivity index (χ3v) is 4.05. The van der Waals surface area contributed by atoms with Crippen LogP contribution in [0.15, 0.2) is 0 Å². The van der Waals surface area contributed by atoms with Crippen LogP contribution < -0.4 is 11.2 Å². The quantitative estimate of drug-likeness (QED) is 0.631. The number of nitrogens with zero attached hydrogens (tertiary/aromatic N) is 3. The molecular weight excluding hydrogens is 282 g/mol. The minimum absolute atomic E-state index is 0.193. The lowest BCUT2D eigenvalue weighted by molar-refractivity contribution is 0.0606. The number of nitrogens with one attached hydrogen (secondary N) is 1. The molecule has 120 valence electrons. The van der Waals surface area contributed by atoms with Crippen LogP contribution in [0.25, 0.3) is 11.0 Å². The lowest BCUT2D eigenvalue weighted by atomic mass is 9.94. The summed E-state index contributed by atoms with van der Waals surface area (Å²) in [4.78, 5) is 9.05. The first-order valence-electron chi connectivity index (χ1n) is 7.66. The number of aliphatic hydroxyl groups is 1. The Morgan fingerprint density at radius 1 is 1.27 bits per heavy atom. The van der Waals surface area contributed by atoms with Crippen molar-refractivity contribution in [3.63, 3.8) is 0 Å². The largest absolute Gasteiger partial charge is 0.389 e. The summed E-state index contributed by atoms with van der Waals surface area (Å²) in [5, 5.41) is 19.3. The number of fused-ring (bicyclic) bond motifs is 3. The van der Waals surface area contributed by atoms with Crippen LogP contribution in [-0.2, 0) is 25.9 Å². The molecule has 0 saturated carbocycles. The third kappa shape index (κ3) is 2.67. The number of hydrogen-bond donors (Lipinski definition) is 4. The lowest BCUT2D eigenvalue weighted by Gasteiger charge is -2.23. The van der Waals surface area contributed by atoms with Gasteiger partial charge in [-0.1, -0.05) is 0 Å². The Morgan fingerprint density at radius 2 is 2.00 bits per heavy atom. The van der Waals surface area contributed by atoms with Crippen LogP contribution in [0.1, 0.15) is 43.8 Å². The highest BCUT2D eigenvalue weighted by molar-refractivity contribution is 5.89. The zero-order valence-electron chi connectivity index (χ0n) is 13.1. The van der Waals surface area contributed by atoms with Gasteiger partial charge in [-0.25, -0.2) is 9.97 Å². The average molecular weight is 305 g/mol. The van der Waals surface area contributed by atoms with Crippen molar-refractivity contribution in [3.05, 3.63) is 17.1 Å². The number of nitrogen functional groups attached to an aromatic ring is 1. The second kappa shape index (κ2) is 5.49. The number of pyridine rings is 1. The first-order chi connectivity index (χ1) is 10.4. The standard InChI is InChI=1S/C15H23N5O2/c1-15(2,21)8-20-11(7-17-22)19-12-13(20)9-5-3-4-6-10(9)18-14(12)16/h17,21-22H,3-8H2,1-2H3,(H2,16,18). The maximum absolute atomic E-state index is 10.2. The molecule has 0 aliphatic heterocycles. The molecule has 0 radical (unpaired) electrons. The van der Waals surface area contributed by atoms with Gasteiger partial charge in [0.2, 0.25) is 0 Å². The van der Waals surface area contributed by atoms with Crippen molar-refractivity contribution in [2.24, 2.45) is 0 Å². The molecule has 2 heterocycles. The third-order valence-electron chi connectivity index (χ3n) is 4.05. The topological polar surface area (TPSA) is 109 Å². The fraction of sp³-hybridized carbons (Fsp3) is 0.600. The van der Waals surface area contributed by atoms with Gasteiger partial charge in [-0.05, 0) is 45.1 Å². The van der Waals surface area contributed by atoms with Gasteiger partial charge in [-0.2, -0.15) is 5.48 Å². The van der Waals surface area contributed by atoms with Crippen LogP contribution in [0.5, 0.6) is 0 Å². The monoisotopic (exact) mass is 305 g/mol. The molecular formula is C15H23N5O2. The summed E-state index contributed by atoms with van der Waals surface area (Å²) in [6.07, 6.45) is 4.12. The van der Waals surface area contributed by atoms with Crippen LogP contribution in [0.4, 0.5) is 5.82 Å². The zero-order chi connectivity index (χ0) is 15.9. The minimum atomic E-state index is -0.891. The Kier molecular flexibility index (Phi) is 3.80. The number of aryl methyl sites for hydroxylation is 2. The van der Waals surface area contributed by atoms with Gasteiger partial charge in [0.15, 0.2) is 5.82 Å². The minimum Gasteiger partial charge on any atom is -0.389 e. The fourth-order valence-electron chi connectivity index (χ4n) is 3.21. The molecule has 0 amide bonds. The van der Waals surface area contributed by atoms with Crippen molar-refractivity contribution in [2.45, 2.75) is 58.2 Å². The van der Waals surface area contributed by atoms with Crippen molar-refractivity contribution in [3.8, 4) is 0 Å². The maximum Gasteiger partial charge on any atom is 0.151 e. The van der Waals surface area contributed by atoms with E-state index in [9.17, 15) is 5.11 Å². The molecule has 22 heavy (non-hydrogen) atoms. The molecule has 7 heteroatoms. The highest BCUT2D eigenvalue weighted by Gasteiger charge is 2.25. The van der Waals surface area contributed by atoms with Gasteiger partial charge in [0.1, 0.15) is 11.3 Å². The number of nitrogens with two attached hydrogens (primary N) is 1. The average Bonchev–Trinajstić information content (AvgIpc) is 2.77. The first kappa shape index (κ1) is 15.2. The van der Waals surface area contributed by atoms with E-state index in [1.54, 1.807) is 13.8 Å². The number of hydroxylamine groups is 1. The molecule has 0 fully saturated rings. The van der Waals surface area contributed by atoms with Gasteiger partial charge in [0, 0.05) is 5.69 Å². The van der Waals surface area contributed by atoms with Gasteiger partial charge in [0.25, 0.3) is 0 Å². The van der Waals surface area contributed by atoms with Crippen molar-refractivity contribution in [1.82, 2.24) is 20.0 Å². The summed E-state index contributed by atoms with van der Waals surface area (Å²) in [7, 11) is 0. The predicted octanol–water partition coefficient (Wildman–Crippen LogP) is 1.14. The van der Waals surface area contributed by atoms with Crippen LogP contribution in [0.2, 0.25) is 0 Å². The van der Waals surface area contributed by atoms with Gasteiger partial charge in [0.05, 0.1) is 24.2 Å². The van der Waals surface area contributed by atoms with E-state index < -0.39 is 5.60 Å². The zero-order valence-corrected chi connectivity index (χ0v) is 13.1. The molecule has 0 spiro atoms. The summed E-state index contributed by atoms with van der Waals surface area (Å²) in [5.74, 6) is 1.07. The lowest BCUT2D eigenvalue weighted by Crippen LogP contribution is -2.28. The van der Waals surface area contributed by atoms with Crippen LogP contribution >= 0.6 is 0 Å². The molecule has 1 aliphatic carbocycles. The molecule has 2 aromatic heterocycles. The highest BCUT2D eigenvalue weighted by atomic mass is 16.5.